The number of hydrogen-bond acceptors (Lipinski definition) is 2. The number of nitrogens with one attached hydrogen (secondary N) is 1. The zero-order valence-electron chi connectivity index (χ0n) is 14.2. The van der Waals surface area contributed by atoms with Crippen molar-refractivity contribution in [2.24, 2.45) is 0 Å². The predicted molar refractivity (Wildman–Crippen MR) is 107 cm³/mol. The Kier molecular flexibility index (Phi) is 5.45. The number of benzene rings is 2. The van der Waals surface area contributed by atoms with Gasteiger partial charge in [-0.2, -0.15) is 5.10 Å². The number of hydrogen-bond donors (Lipinski definition) is 1. The molecule has 6 heteroatoms. The Morgan fingerprint density at radius 1 is 1.19 bits per heavy atom. The van der Waals surface area contributed by atoms with E-state index < -0.39 is 0 Å². The molecule has 0 bridgehead atoms. The Morgan fingerprint density at radius 2 is 1.88 bits per heavy atom. The average molecular weight is 386 g/mol. The number of aromatic nitrogens is 2. The monoisotopic (exact) mass is 385 g/mol. The molecule has 1 aromatic heterocycles. The summed E-state index contributed by atoms with van der Waals surface area (Å²) in [6.07, 6.45) is 1.63. The highest BCUT2D eigenvalue weighted by Crippen LogP contribution is 2.33. The van der Waals surface area contributed by atoms with Crippen molar-refractivity contribution >= 4 is 35.2 Å². The number of halogens is 2. The maximum atomic E-state index is 12.5. The van der Waals surface area contributed by atoms with Gasteiger partial charge in [-0.3, -0.25) is 4.79 Å². The van der Waals surface area contributed by atoms with Crippen LogP contribution >= 0.6 is 23.2 Å². The molecule has 0 saturated heterocycles. The van der Waals surface area contributed by atoms with Crippen LogP contribution in [0.3, 0.4) is 0 Å². The second-order valence-corrected chi connectivity index (χ2v) is 6.39. The van der Waals surface area contributed by atoms with Crippen LogP contribution in [-0.2, 0) is 0 Å². The summed E-state index contributed by atoms with van der Waals surface area (Å²) in [4.78, 5) is 12.5. The van der Waals surface area contributed by atoms with Gasteiger partial charge in [0.25, 0.3) is 5.91 Å². The van der Waals surface area contributed by atoms with Gasteiger partial charge in [-0.1, -0.05) is 60.1 Å². The fraction of sp³-hybridized carbons (Fsp3) is 0.100. The molecule has 0 aliphatic rings. The molecule has 1 amide bonds. The van der Waals surface area contributed by atoms with E-state index in [1.807, 2.05) is 37.3 Å². The summed E-state index contributed by atoms with van der Waals surface area (Å²) in [6, 6.07) is 14.7. The molecule has 0 atom stereocenters. The molecule has 2 aromatic carbocycles. The molecule has 0 fully saturated rings. The first-order valence-electron chi connectivity index (χ1n) is 8.11. The van der Waals surface area contributed by atoms with E-state index >= 15 is 0 Å². The van der Waals surface area contributed by atoms with Crippen LogP contribution in [-0.4, -0.2) is 22.2 Å². The van der Waals surface area contributed by atoms with Gasteiger partial charge in [-0.25, -0.2) is 4.68 Å². The molecule has 0 aliphatic heterocycles. The van der Waals surface area contributed by atoms with E-state index in [1.54, 1.807) is 29.0 Å². The van der Waals surface area contributed by atoms with Gasteiger partial charge in [0.05, 0.1) is 16.4 Å². The van der Waals surface area contributed by atoms with Gasteiger partial charge in [-0.05, 0) is 31.2 Å². The summed E-state index contributed by atoms with van der Waals surface area (Å²) < 4.78 is 1.67. The first-order valence-corrected chi connectivity index (χ1v) is 8.87. The predicted octanol–water partition coefficient (Wildman–Crippen LogP) is 5.24. The highest BCUT2D eigenvalue weighted by atomic mass is 35.5. The summed E-state index contributed by atoms with van der Waals surface area (Å²) in [6.45, 7) is 6.24. The SMILES string of the molecule is C=Cc1c(C(=O)NCC)nn(-c2ccccc2Cl)c1-c1ccc(Cl)cc1. The number of rotatable bonds is 5. The molecule has 0 radical (unpaired) electrons. The van der Waals surface area contributed by atoms with Crippen LogP contribution in [0.25, 0.3) is 23.0 Å². The Hall–Kier alpha value is -2.56. The first-order chi connectivity index (χ1) is 12.6. The fourth-order valence-corrected chi connectivity index (χ4v) is 3.06. The number of carbonyl (C=O) groups is 1. The number of amides is 1. The zero-order chi connectivity index (χ0) is 18.7. The van der Waals surface area contributed by atoms with Crippen molar-refractivity contribution in [3.8, 4) is 16.9 Å². The zero-order valence-corrected chi connectivity index (χ0v) is 15.7. The van der Waals surface area contributed by atoms with Crippen LogP contribution in [0.15, 0.2) is 55.1 Å². The third-order valence-corrected chi connectivity index (χ3v) is 4.45. The van der Waals surface area contributed by atoms with Crippen molar-refractivity contribution in [2.75, 3.05) is 6.54 Å². The van der Waals surface area contributed by atoms with Crippen LogP contribution in [0, 0.1) is 0 Å². The average Bonchev–Trinajstić information content (AvgIpc) is 3.02. The molecular formula is C20H17Cl2N3O. The minimum atomic E-state index is -0.261. The Morgan fingerprint density at radius 3 is 2.50 bits per heavy atom. The quantitative estimate of drug-likeness (QED) is 0.652. The molecule has 1 heterocycles. The van der Waals surface area contributed by atoms with Gasteiger partial charge >= 0.3 is 0 Å². The van der Waals surface area contributed by atoms with E-state index in [0.29, 0.717) is 33.5 Å². The van der Waals surface area contributed by atoms with Crippen molar-refractivity contribution in [1.29, 1.82) is 0 Å². The second kappa shape index (κ2) is 7.77. The first kappa shape index (κ1) is 18.2. The molecule has 132 valence electrons. The Bertz CT molecular complexity index is 962. The molecule has 3 aromatic rings. The van der Waals surface area contributed by atoms with E-state index in [9.17, 15) is 4.79 Å². The maximum Gasteiger partial charge on any atom is 0.272 e. The lowest BCUT2D eigenvalue weighted by Crippen LogP contribution is -2.24. The summed E-state index contributed by atoms with van der Waals surface area (Å²) in [7, 11) is 0. The van der Waals surface area contributed by atoms with Crippen LogP contribution in [0.1, 0.15) is 23.0 Å². The smallest absolute Gasteiger partial charge is 0.272 e. The second-order valence-electron chi connectivity index (χ2n) is 5.54. The van der Waals surface area contributed by atoms with Crippen LogP contribution in [0.5, 0.6) is 0 Å². The standard InChI is InChI=1S/C20H17Cl2N3O/c1-3-15-18(20(26)23-4-2)24-25(17-8-6-5-7-16(17)22)19(15)13-9-11-14(21)12-10-13/h3,5-12H,1,4H2,2H3,(H,23,26). The highest BCUT2D eigenvalue weighted by molar-refractivity contribution is 6.32. The van der Waals surface area contributed by atoms with Gasteiger partial charge in [0.2, 0.25) is 0 Å². The van der Waals surface area contributed by atoms with E-state index in [1.165, 1.54) is 0 Å². The van der Waals surface area contributed by atoms with E-state index in [0.717, 1.165) is 11.3 Å². The minimum absolute atomic E-state index is 0.261. The molecule has 0 unspecified atom stereocenters. The van der Waals surface area contributed by atoms with Crippen LogP contribution in [0.2, 0.25) is 10.0 Å². The lowest BCUT2D eigenvalue weighted by atomic mass is 10.0. The lowest BCUT2D eigenvalue weighted by Gasteiger charge is -2.10. The third kappa shape index (κ3) is 3.39. The highest BCUT2D eigenvalue weighted by Gasteiger charge is 2.23. The normalized spacial score (nSPS) is 10.6. The Balaban J connectivity index is 2.31. The summed E-state index contributed by atoms with van der Waals surface area (Å²) >= 11 is 12.4. The van der Waals surface area contributed by atoms with E-state index in [2.05, 4.69) is 17.0 Å². The van der Waals surface area contributed by atoms with Gasteiger partial charge in [0.1, 0.15) is 0 Å². The van der Waals surface area contributed by atoms with Crippen molar-refractivity contribution in [1.82, 2.24) is 15.1 Å². The third-order valence-electron chi connectivity index (χ3n) is 3.88. The van der Waals surface area contributed by atoms with E-state index in [-0.39, 0.29) is 5.91 Å². The summed E-state index contributed by atoms with van der Waals surface area (Å²) in [5.74, 6) is -0.261. The number of para-hydroxylation sites is 1. The number of nitrogens with zero attached hydrogens (tertiary/aromatic N) is 2. The molecule has 26 heavy (non-hydrogen) atoms. The largest absolute Gasteiger partial charge is 0.351 e. The van der Waals surface area contributed by atoms with Gasteiger partial charge in [0.15, 0.2) is 5.69 Å². The minimum Gasteiger partial charge on any atom is -0.351 e. The molecule has 0 saturated carbocycles. The topological polar surface area (TPSA) is 46.9 Å². The van der Waals surface area contributed by atoms with Crippen LogP contribution < -0.4 is 5.32 Å². The Labute approximate surface area is 162 Å². The van der Waals surface area contributed by atoms with Crippen molar-refractivity contribution < 1.29 is 4.79 Å². The summed E-state index contributed by atoms with van der Waals surface area (Å²) in [5, 5.41) is 8.49. The van der Waals surface area contributed by atoms with E-state index in [4.69, 9.17) is 23.2 Å². The molecule has 4 nitrogen and oxygen atoms in total. The molecule has 3 rings (SSSR count). The molecular weight excluding hydrogens is 369 g/mol. The fourth-order valence-electron chi connectivity index (χ4n) is 2.72. The summed E-state index contributed by atoms with van der Waals surface area (Å²) in [5.41, 5.74) is 3.20. The van der Waals surface area contributed by atoms with Crippen molar-refractivity contribution in [3.05, 3.63) is 76.4 Å². The maximum absolute atomic E-state index is 12.5. The number of carbonyl (C=O) groups excluding carboxylic acids is 1. The van der Waals surface area contributed by atoms with Gasteiger partial charge in [0, 0.05) is 22.7 Å². The van der Waals surface area contributed by atoms with Crippen LogP contribution in [0.4, 0.5) is 0 Å². The lowest BCUT2D eigenvalue weighted by molar-refractivity contribution is 0.0950. The van der Waals surface area contributed by atoms with Crippen molar-refractivity contribution in [3.63, 3.8) is 0 Å². The molecule has 0 spiro atoms. The van der Waals surface area contributed by atoms with Gasteiger partial charge in [-0.15, -0.1) is 0 Å². The van der Waals surface area contributed by atoms with Crippen molar-refractivity contribution in [2.45, 2.75) is 6.92 Å². The van der Waals surface area contributed by atoms with Gasteiger partial charge < -0.3 is 5.32 Å². The molecule has 1 N–H and O–H groups in total. The molecule has 0 aliphatic carbocycles.